The number of aryl methyl sites for hydroxylation is 1. The lowest BCUT2D eigenvalue weighted by molar-refractivity contribution is 0.0502. The fourth-order valence-electron chi connectivity index (χ4n) is 2.04. The third-order valence-corrected chi connectivity index (χ3v) is 4.01. The normalized spacial score (nSPS) is 14.6. The molecule has 1 amide bonds. The number of hydrogen-bond acceptors (Lipinski definition) is 4. The lowest BCUT2D eigenvalue weighted by Gasteiger charge is -2.35. The molecule has 0 saturated heterocycles. The van der Waals surface area contributed by atoms with Crippen molar-refractivity contribution < 1.29 is 13.9 Å². The molecule has 0 spiro atoms. The monoisotopic (exact) mass is 324 g/mol. The van der Waals surface area contributed by atoms with Crippen LogP contribution in [0.2, 0.25) is 0 Å². The zero-order valence-electron chi connectivity index (χ0n) is 15.6. The highest BCUT2D eigenvalue weighted by molar-refractivity contribution is 5.67. The second kappa shape index (κ2) is 7.86. The van der Waals surface area contributed by atoms with Gasteiger partial charge in [-0.2, -0.15) is 0 Å². The van der Waals surface area contributed by atoms with Crippen molar-refractivity contribution in [2.75, 3.05) is 6.54 Å². The van der Waals surface area contributed by atoms with Gasteiger partial charge < -0.3 is 19.8 Å². The Bertz CT molecular complexity index is 503. The quantitative estimate of drug-likeness (QED) is 0.799. The molecule has 1 unspecified atom stereocenters. The van der Waals surface area contributed by atoms with E-state index < -0.39 is 11.7 Å². The van der Waals surface area contributed by atoms with Gasteiger partial charge in [-0.3, -0.25) is 0 Å². The van der Waals surface area contributed by atoms with E-state index in [1.54, 1.807) is 0 Å². The van der Waals surface area contributed by atoms with Crippen LogP contribution in [0, 0.1) is 5.92 Å². The van der Waals surface area contributed by atoms with E-state index in [2.05, 4.69) is 38.3 Å². The lowest BCUT2D eigenvalue weighted by Crippen LogP contribution is -2.55. The average Bonchev–Trinajstić information content (AvgIpc) is 2.89. The Labute approximate surface area is 140 Å². The number of hydrogen-bond donors (Lipinski definition) is 2. The summed E-state index contributed by atoms with van der Waals surface area (Å²) in [5.41, 5.74) is -0.744. The molecule has 0 aliphatic carbocycles. The zero-order valence-corrected chi connectivity index (χ0v) is 15.6. The van der Waals surface area contributed by atoms with Gasteiger partial charge in [0, 0.05) is 18.5 Å². The first-order valence-corrected chi connectivity index (χ1v) is 8.35. The number of amides is 1. The number of furan rings is 1. The van der Waals surface area contributed by atoms with Gasteiger partial charge in [0.25, 0.3) is 0 Å². The van der Waals surface area contributed by atoms with Crippen molar-refractivity contribution >= 4 is 6.09 Å². The Hall–Kier alpha value is -1.49. The molecule has 2 N–H and O–H groups in total. The summed E-state index contributed by atoms with van der Waals surface area (Å²) in [5.74, 6) is 2.23. The molecule has 0 aliphatic heterocycles. The first kappa shape index (κ1) is 19.6. The number of carbonyl (C=O) groups excluding carboxylic acids is 1. The minimum Gasteiger partial charge on any atom is -0.465 e. The van der Waals surface area contributed by atoms with Crippen LogP contribution in [-0.4, -0.2) is 23.8 Å². The van der Waals surface area contributed by atoms with Crippen LogP contribution in [0.25, 0.3) is 0 Å². The van der Waals surface area contributed by atoms with Crippen molar-refractivity contribution in [3.05, 3.63) is 23.7 Å². The smallest absolute Gasteiger partial charge is 0.407 e. The summed E-state index contributed by atoms with van der Waals surface area (Å²) in [4.78, 5) is 11.9. The van der Waals surface area contributed by atoms with E-state index in [9.17, 15) is 4.79 Å². The summed E-state index contributed by atoms with van der Waals surface area (Å²) in [6, 6.07) is 4.00. The van der Waals surface area contributed by atoms with E-state index in [0.717, 1.165) is 17.9 Å². The minimum atomic E-state index is -0.490. The molecule has 0 aromatic carbocycles. The maximum absolute atomic E-state index is 11.9. The van der Waals surface area contributed by atoms with E-state index in [-0.39, 0.29) is 5.54 Å². The van der Waals surface area contributed by atoms with Gasteiger partial charge in [-0.1, -0.05) is 20.8 Å². The Kier molecular flexibility index (Phi) is 6.69. The summed E-state index contributed by atoms with van der Waals surface area (Å²) in [6.45, 7) is 15.1. The summed E-state index contributed by atoms with van der Waals surface area (Å²) in [6.07, 6.45) is 0.499. The molecular formula is C18H32N2O3. The van der Waals surface area contributed by atoms with E-state index >= 15 is 0 Å². The zero-order chi connectivity index (χ0) is 17.7. The highest BCUT2D eigenvalue weighted by atomic mass is 16.6. The average molecular weight is 324 g/mol. The summed E-state index contributed by atoms with van der Waals surface area (Å²) >= 11 is 0. The van der Waals surface area contributed by atoms with Crippen LogP contribution >= 0.6 is 0 Å². The molecule has 0 fully saturated rings. The van der Waals surface area contributed by atoms with Crippen LogP contribution in [0.1, 0.15) is 60.0 Å². The molecule has 1 atom stereocenters. The molecule has 1 heterocycles. The number of ether oxygens (including phenoxy) is 1. The van der Waals surface area contributed by atoms with Crippen molar-refractivity contribution in [1.82, 2.24) is 10.6 Å². The largest absolute Gasteiger partial charge is 0.465 e. The predicted octanol–water partition coefficient (Wildman–Crippen LogP) is 3.87. The summed E-state index contributed by atoms with van der Waals surface area (Å²) in [5, 5.41) is 6.36. The number of nitrogens with one attached hydrogen (secondary N) is 2. The molecule has 1 aromatic heterocycles. The summed E-state index contributed by atoms with van der Waals surface area (Å²) < 4.78 is 11.0. The van der Waals surface area contributed by atoms with Gasteiger partial charge in [-0.05, 0) is 45.7 Å². The lowest BCUT2D eigenvalue weighted by atomic mass is 9.88. The van der Waals surface area contributed by atoms with Gasteiger partial charge in [0.15, 0.2) is 0 Å². The van der Waals surface area contributed by atoms with Crippen LogP contribution in [0.15, 0.2) is 16.5 Å². The number of alkyl carbamates (subject to hydrolysis) is 1. The van der Waals surface area contributed by atoms with Crippen molar-refractivity contribution in [1.29, 1.82) is 0 Å². The van der Waals surface area contributed by atoms with Gasteiger partial charge in [-0.15, -0.1) is 0 Å². The third-order valence-electron chi connectivity index (χ3n) is 4.01. The van der Waals surface area contributed by atoms with Crippen LogP contribution in [0.3, 0.4) is 0 Å². The van der Waals surface area contributed by atoms with Crippen LogP contribution < -0.4 is 10.6 Å². The predicted molar refractivity (Wildman–Crippen MR) is 92.4 cm³/mol. The Balaban J connectivity index is 2.58. The standard InChI is InChI=1S/C18H32N2O3/c1-8-14-9-10-15(22-14)11-20-18(7,13(2)3)12-19-16(21)23-17(4,5)6/h9-10,13,20H,8,11-12H2,1-7H3,(H,19,21). The molecule has 23 heavy (non-hydrogen) atoms. The van der Waals surface area contributed by atoms with E-state index in [4.69, 9.17) is 9.15 Å². The SMILES string of the molecule is CCc1ccc(CNC(C)(CNC(=O)OC(C)(C)C)C(C)C)o1. The van der Waals surface area contributed by atoms with E-state index in [1.807, 2.05) is 32.9 Å². The fraction of sp³-hybridized carbons (Fsp3) is 0.722. The van der Waals surface area contributed by atoms with E-state index in [0.29, 0.717) is 19.0 Å². The first-order chi connectivity index (χ1) is 10.6. The minimum absolute atomic E-state index is 0.254. The number of carbonyl (C=O) groups is 1. The molecular weight excluding hydrogens is 292 g/mol. The van der Waals surface area contributed by atoms with Crippen LogP contribution in [0.4, 0.5) is 4.79 Å². The van der Waals surface area contributed by atoms with Crippen molar-refractivity contribution in [3.8, 4) is 0 Å². The maximum atomic E-state index is 11.9. The Morgan fingerprint density at radius 3 is 2.30 bits per heavy atom. The molecule has 5 heteroatoms. The second-order valence-corrected chi connectivity index (χ2v) is 7.50. The highest BCUT2D eigenvalue weighted by Crippen LogP contribution is 2.18. The highest BCUT2D eigenvalue weighted by Gasteiger charge is 2.29. The van der Waals surface area contributed by atoms with Crippen LogP contribution in [0.5, 0.6) is 0 Å². The second-order valence-electron chi connectivity index (χ2n) is 7.50. The molecule has 5 nitrogen and oxygen atoms in total. The molecule has 0 aliphatic rings. The van der Waals surface area contributed by atoms with Crippen molar-refractivity contribution in [3.63, 3.8) is 0 Å². The maximum Gasteiger partial charge on any atom is 0.407 e. The van der Waals surface area contributed by atoms with Gasteiger partial charge in [0.05, 0.1) is 6.54 Å². The van der Waals surface area contributed by atoms with Gasteiger partial charge in [0.2, 0.25) is 0 Å². The molecule has 0 saturated carbocycles. The first-order valence-electron chi connectivity index (χ1n) is 8.35. The molecule has 1 rings (SSSR count). The van der Waals surface area contributed by atoms with Crippen LogP contribution in [-0.2, 0) is 17.7 Å². The molecule has 1 aromatic rings. The molecule has 0 radical (unpaired) electrons. The third kappa shape index (κ3) is 6.65. The topological polar surface area (TPSA) is 63.5 Å². The summed E-state index contributed by atoms with van der Waals surface area (Å²) in [7, 11) is 0. The van der Waals surface area contributed by atoms with Crippen molar-refractivity contribution in [2.45, 2.75) is 72.6 Å². The van der Waals surface area contributed by atoms with Gasteiger partial charge >= 0.3 is 6.09 Å². The van der Waals surface area contributed by atoms with Crippen molar-refractivity contribution in [2.24, 2.45) is 5.92 Å². The molecule has 0 bridgehead atoms. The molecule has 132 valence electrons. The Morgan fingerprint density at radius 1 is 1.22 bits per heavy atom. The van der Waals surface area contributed by atoms with Gasteiger partial charge in [0.1, 0.15) is 17.1 Å². The van der Waals surface area contributed by atoms with Gasteiger partial charge in [-0.25, -0.2) is 4.79 Å². The fourth-order valence-corrected chi connectivity index (χ4v) is 2.04. The number of rotatable bonds is 7. The van der Waals surface area contributed by atoms with E-state index in [1.165, 1.54) is 0 Å². The Morgan fingerprint density at radius 2 is 1.83 bits per heavy atom.